The Morgan fingerprint density at radius 3 is 2.85 bits per heavy atom. The van der Waals surface area contributed by atoms with Gasteiger partial charge < -0.3 is 10.2 Å². The fraction of sp³-hybridized carbons (Fsp3) is 0.600. The van der Waals surface area contributed by atoms with E-state index < -0.39 is 0 Å². The maximum absolute atomic E-state index is 5.93. The van der Waals surface area contributed by atoms with Crippen LogP contribution in [0, 0.1) is 0 Å². The summed E-state index contributed by atoms with van der Waals surface area (Å²) in [5.41, 5.74) is 5.93. The lowest BCUT2D eigenvalue weighted by atomic mass is 10.2. The van der Waals surface area contributed by atoms with Crippen molar-refractivity contribution >= 4 is 11.8 Å². The van der Waals surface area contributed by atoms with Crippen molar-refractivity contribution in [2.75, 3.05) is 5.75 Å². The number of thioether (sulfide) groups is 1. The molecular weight excluding hydrogens is 182 g/mol. The van der Waals surface area contributed by atoms with E-state index in [1.807, 2.05) is 23.9 Å². The number of nitrogens with two attached hydrogens (primary N) is 1. The Morgan fingerprint density at radius 2 is 2.31 bits per heavy atom. The molecule has 1 heterocycles. The van der Waals surface area contributed by atoms with Gasteiger partial charge in [-0.05, 0) is 17.4 Å². The smallest absolute Gasteiger partial charge is 0.105 e. The quantitative estimate of drug-likeness (QED) is 0.791. The molecule has 74 valence electrons. The van der Waals surface area contributed by atoms with Gasteiger partial charge in [0.1, 0.15) is 5.76 Å². The Labute approximate surface area is 83.9 Å². The van der Waals surface area contributed by atoms with Crippen LogP contribution in [0.4, 0.5) is 0 Å². The lowest BCUT2D eigenvalue weighted by molar-refractivity contribution is 0.493. The first-order valence-electron chi connectivity index (χ1n) is 4.58. The van der Waals surface area contributed by atoms with Crippen molar-refractivity contribution in [2.24, 2.45) is 5.73 Å². The van der Waals surface area contributed by atoms with Crippen LogP contribution < -0.4 is 5.73 Å². The number of furan rings is 1. The second-order valence-corrected chi connectivity index (χ2v) is 5.04. The summed E-state index contributed by atoms with van der Waals surface area (Å²) in [6, 6.07) is 4.08. The Hall–Kier alpha value is -0.410. The van der Waals surface area contributed by atoms with Crippen LogP contribution in [0.5, 0.6) is 0 Å². The van der Waals surface area contributed by atoms with Gasteiger partial charge in [0.2, 0.25) is 0 Å². The van der Waals surface area contributed by atoms with Crippen molar-refractivity contribution in [3.63, 3.8) is 0 Å². The Morgan fingerprint density at radius 1 is 1.54 bits per heavy atom. The van der Waals surface area contributed by atoms with Gasteiger partial charge in [0, 0.05) is 18.2 Å². The molecule has 2 N–H and O–H groups in total. The predicted octanol–water partition coefficient (Wildman–Crippen LogP) is 2.29. The Balaban J connectivity index is 2.22. The van der Waals surface area contributed by atoms with Gasteiger partial charge in [0.05, 0.1) is 6.26 Å². The molecule has 0 amide bonds. The van der Waals surface area contributed by atoms with E-state index in [1.54, 1.807) is 6.26 Å². The monoisotopic (exact) mass is 199 g/mol. The van der Waals surface area contributed by atoms with Crippen molar-refractivity contribution in [3.05, 3.63) is 24.2 Å². The zero-order valence-corrected chi connectivity index (χ0v) is 9.01. The molecule has 0 fully saturated rings. The molecule has 0 radical (unpaired) electrons. The standard InChI is InChI=1S/C10H17NOS/c1-8(2)13-7-9(11)6-10-4-3-5-12-10/h3-5,8-9H,6-7,11H2,1-2H3. The molecular formula is C10H17NOS. The zero-order chi connectivity index (χ0) is 9.68. The van der Waals surface area contributed by atoms with Crippen LogP contribution in [0.25, 0.3) is 0 Å². The minimum absolute atomic E-state index is 0.207. The molecule has 0 aliphatic carbocycles. The second kappa shape index (κ2) is 5.35. The Bertz CT molecular complexity index is 221. The van der Waals surface area contributed by atoms with Crippen LogP contribution in [0.15, 0.2) is 22.8 Å². The predicted molar refractivity (Wildman–Crippen MR) is 58.0 cm³/mol. The summed E-state index contributed by atoms with van der Waals surface area (Å²) in [6.07, 6.45) is 2.53. The summed E-state index contributed by atoms with van der Waals surface area (Å²) < 4.78 is 5.22. The number of hydrogen-bond donors (Lipinski definition) is 1. The number of rotatable bonds is 5. The van der Waals surface area contributed by atoms with E-state index in [0.717, 1.165) is 17.9 Å². The van der Waals surface area contributed by atoms with E-state index in [4.69, 9.17) is 10.2 Å². The van der Waals surface area contributed by atoms with Gasteiger partial charge in [-0.1, -0.05) is 13.8 Å². The molecule has 13 heavy (non-hydrogen) atoms. The third-order valence-corrected chi connectivity index (χ3v) is 2.97. The van der Waals surface area contributed by atoms with Crippen LogP contribution in [0.1, 0.15) is 19.6 Å². The molecule has 1 rings (SSSR count). The van der Waals surface area contributed by atoms with Crippen molar-refractivity contribution in [1.29, 1.82) is 0 Å². The van der Waals surface area contributed by atoms with Gasteiger partial charge in [0.25, 0.3) is 0 Å². The summed E-state index contributed by atoms with van der Waals surface area (Å²) in [6.45, 7) is 4.37. The molecule has 0 spiro atoms. The fourth-order valence-electron chi connectivity index (χ4n) is 1.06. The second-order valence-electron chi connectivity index (χ2n) is 3.43. The third-order valence-electron chi connectivity index (χ3n) is 1.69. The molecule has 1 unspecified atom stereocenters. The average molecular weight is 199 g/mol. The summed E-state index contributed by atoms with van der Waals surface area (Å²) in [5.74, 6) is 1.98. The van der Waals surface area contributed by atoms with Gasteiger partial charge in [-0.25, -0.2) is 0 Å². The highest BCUT2D eigenvalue weighted by Crippen LogP contribution is 2.12. The molecule has 0 saturated carbocycles. The Kier molecular flexibility index (Phi) is 4.39. The fourth-order valence-corrected chi connectivity index (χ4v) is 1.81. The van der Waals surface area contributed by atoms with Gasteiger partial charge in [-0.15, -0.1) is 0 Å². The minimum atomic E-state index is 0.207. The van der Waals surface area contributed by atoms with Crippen LogP contribution in [-0.4, -0.2) is 17.0 Å². The first kappa shape index (κ1) is 10.7. The van der Waals surface area contributed by atoms with E-state index in [0.29, 0.717) is 5.25 Å². The van der Waals surface area contributed by atoms with E-state index >= 15 is 0 Å². The van der Waals surface area contributed by atoms with Gasteiger partial charge in [-0.2, -0.15) is 11.8 Å². The van der Waals surface area contributed by atoms with Crippen molar-refractivity contribution in [3.8, 4) is 0 Å². The SMILES string of the molecule is CC(C)SCC(N)Cc1ccco1. The highest BCUT2D eigenvalue weighted by molar-refractivity contribution is 7.99. The zero-order valence-electron chi connectivity index (χ0n) is 8.19. The molecule has 1 atom stereocenters. The minimum Gasteiger partial charge on any atom is -0.469 e. The maximum Gasteiger partial charge on any atom is 0.105 e. The molecule has 0 aliphatic rings. The van der Waals surface area contributed by atoms with Gasteiger partial charge in [-0.3, -0.25) is 0 Å². The van der Waals surface area contributed by atoms with Crippen LogP contribution >= 0.6 is 11.8 Å². The first-order valence-corrected chi connectivity index (χ1v) is 5.63. The van der Waals surface area contributed by atoms with E-state index in [2.05, 4.69) is 13.8 Å². The van der Waals surface area contributed by atoms with Crippen molar-refractivity contribution < 1.29 is 4.42 Å². The lowest BCUT2D eigenvalue weighted by Crippen LogP contribution is -2.26. The van der Waals surface area contributed by atoms with Crippen molar-refractivity contribution in [1.82, 2.24) is 0 Å². The normalized spacial score (nSPS) is 13.5. The summed E-state index contributed by atoms with van der Waals surface area (Å²) in [5, 5.41) is 0.655. The van der Waals surface area contributed by atoms with Gasteiger partial charge >= 0.3 is 0 Å². The average Bonchev–Trinajstić information content (AvgIpc) is 2.53. The summed E-state index contributed by atoms with van der Waals surface area (Å²) >= 11 is 1.89. The highest BCUT2D eigenvalue weighted by Gasteiger charge is 2.06. The summed E-state index contributed by atoms with van der Waals surface area (Å²) in [7, 11) is 0. The summed E-state index contributed by atoms with van der Waals surface area (Å²) in [4.78, 5) is 0. The van der Waals surface area contributed by atoms with Gasteiger partial charge in [0.15, 0.2) is 0 Å². The highest BCUT2D eigenvalue weighted by atomic mass is 32.2. The van der Waals surface area contributed by atoms with Crippen LogP contribution in [0.2, 0.25) is 0 Å². The first-order chi connectivity index (χ1) is 6.18. The van der Waals surface area contributed by atoms with E-state index in [-0.39, 0.29) is 6.04 Å². The molecule has 2 nitrogen and oxygen atoms in total. The largest absolute Gasteiger partial charge is 0.469 e. The van der Waals surface area contributed by atoms with E-state index in [1.165, 1.54) is 0 Å². The molecule has 1 aromatic rings. The molecule has 0 bridgehead atoms. The van der Waals surface area contributed by atoms with Crippen molar-refractivity contribution in [2.45, 2.75) is 31.6 Å². The number of hydrogen-bond acceptors (Lipinski definition) is 3. The lowest BCUT2D eigenvalue weighted by Gasteiger charge is -2.10. The van der Waals surface area contributed by atoms with E-state index in [9.17, 15) is 0 Å². The topological polar surface area (TPSA) is 39.2 Å². The molecule has 3 heteroatoms. The molecule has 1 aromatic heterocycles. The molecule has 0 aliphatic heterocycles. The molecule has 0 aromatic carbocycles. The molecule has 0 saturated heterocycles. The third kappa shape index (κ3) is 4.39. The van der Waals surface area contributed by atoms with Crippen LogP contribution in [0.3, 0.4) is 0 Å². The van der Waals surface area contributed by atoms with Crippen LogP contribution in [-0.2, 0) is 6.42 Å². The maximum atomic E-state index is 5.93.